The first-order valence-electron chi connectivity index (χ1n) is 5.32. The molecule has 1 saturated heterocycles. The maximum absolute atomic E-state index is 11.7. The SMILES string of the molecule is O=C(CC1CCCO1)C1=COCCC1. The van der Waals surface area contributed by atoms with Crippen LogP contribution in [0.3, 0.4) is 0 Å². The number of carbonyl (C=O) groups excluding carboxylic acids is 1. The molecule has 0 aromatic heterocycles. The first-order valence-corrected chi connectivity index (χ1v) is 5.32. The molecule has 0 radical (unpaired) electrons. The highest BCUT2D eigenvalue weighted by Crippen LogP contribution is 2.20. The average molecular weight is 196 g/mol. The summed E-state index contributed by atoms with van der Waals surface area (Å²) in [7, 11) is 0. The Hall–Kier alpha value is -0.830. The normalized spacial score (nSPS) is 26.9. The zero-order valence-electron chi connectivity index (χ0n) is 8.33. The lowest BCUT2D eigenvalue weighted by atomic mass is 10.0. The minimum Gasteiger partial charge on any atom is -0.501 e. The quantitative estimate of drug-likeness (QED) is 0.690. The van der Waals surface area contributed by atoms with E-state index in [4.69, 9.17) is 9.47 Å². The zero-order chi connectivity index (χ0) is 9.80. The molecular formula is C11H16O3. The molecule has 0 amide bonds. The van der Waals surface area contributed by atoms with Crippen LogP contribution >= 0.6 is 0 Å². The van der Waals surface area contributed by atoms with Crippen molar-refractivity contribution < 1.29 is 14.3 Å². The van der Waals surface area contributed by atoms with E-state index in [9.17, 15) is 4.79 Å². The van der Waals surface area contributed by atoms with Gasteiger partial charge in [-0.3, -0.25) is 4.79 Å². The molecule has 1 unspecified atom stereocenters. The van der Waals surface area contributed by atoms with E-state index in [1.165, 1.54) is 0 Å². The van der Waals surface area contributed by atoms with Crippen molar-refractivity contribution in [1.29, 1.82) is 0 Å². The van der Waals surface area contributed by atoms with E-state index < -0.39 is 0 Å². The van der Waals surface area contributed by atoms with Crippen molar-refractivity contribution in [3.63, 3.8) is 0 Å². The van der Waals surface area contributed by atoms with Crippen LogP contribution in [0.2, 0.25) is 0 Å². The summed E-state index contributed by atoms with van der Waals surface area (Å²) in [5.41, 5.74) is 0.840. The maximum Gasteiger partial charge on any atom is 0.164 e. The summed E-state index contributed by atoms with van der Waals surface area (Å²) < 4.78 is 10.6. The fraction of sp³-hybridized carbons (Fsp3) is 0.727. The van der Waals surface area contributed by atoms with Gasteiger partial charge in [0.1, 0.15) is 0 Å². The van der Waals surface area contributed by atoms with E-state index in [0.29, 0.717) is 6.42 Å². The van der Waals surface area contributed by atoms with Crippen LogP contribution in [-0.4, -0.2) is 25.1 Å². The largest absolute Gasteiger partial charge is 0.501 e. The van der Waals surface area contributed by atoms with Crippen LogP contribution in [0.5, 0.6) is 0 Å². The molecule has 78 valence electrons. The van der Waals surface area contributed by atoms with Crippen molar-refractivity contribution in [2.45, 2.75) is 38.2 Å². The molecule has 0 bridgehead atoms. The minimum absolute atomic E-state index is 0.158. The zero-order valence-corrected chi connectivity index (χ0v) is 8.33. The van der Waals surface area contributed by atoms with Crippen LogP contribution < -0.4 is 0 Å². The molecule has 3 nitrogen and oxygen atoms in total. The van der Waals surface area contributed by atoms with Gasteiger partial charge in [0.15, 0.2) is 5.78 Å². The van der Waals surface area contributed by atoms with Gasteiger partial charge in [-0.1, -0.05) is 0 Å². The van der Waals surface area contributed by atoms with Crippen molar-refractivity contribution in [3.05, 3.63) is 11.8 Å². The topological polar surface area (TPSA) is 35.5 Å². The van der Waals surface area contributed by atoms with Gasteiger partial charge in [0, 0.05) is 18.6 Å². The second kappa shape index (κ2) is 4.60. The Morgan fingerprint density at radius 2 is 2.36 bits per heavy atom. The molecule has 0 saturated carbocycles. The van der Waals surface area contributed by atoms with Crippen LogP contribution in [0, 0.1) is 0 Å². The molecule has 0 spiro atoms. The lowest BCUT2D eigenvalue weighted by Gasteiger charge is -2.14. The minimum atomic E-state index is 0.158. The number of hydrogen-bond acceptors (Lipinski definition) is 3. The second-order valence-electron chi connectivity index (χ2n) is 3.88. The number of Topliss-reactive ketones (excluding diaryl/α,β-unsaturated/α-hetero) is 1. The van der Waals surface area contributed by atoms with Crippen molar-refractivity contribution in [1.82, 2.24) is 0 Å². The molecule has 2 heterocycles. The Labute approximate surface area is 84.1 Å². The van der Waals surface area contributed by atoms with Crippen LogP contribution in [0.25, 0.3) is 0 Å². The molecule has 1 fully saturated rings. The molecule has 0 aromatic rings. The lowest BCUT2D eigenvalue weighted by molar-refractivity contribution is -0.118. The third-order valence-electron chi connectivity index (χ3n) is 2.73. The van der Waals surface area contributed by atoms with Crippen molar-refractivity contribution in [2.75, 3.05) is 13.2 Å². The second-order valence-corrected chi connectivity index (χ2v) is 3.88. The van der Waals surface area contributed by atoms with Crippen LogP contribution in [0.15, 0.2) is 11.8 Å². The number of carbonyl (C=O) groups is 1. The van der Waals surface area contributed by atoms with Gasteiger partial charge in [-0.05, 0) is 25.7 Å². The molecule has 0 N–H and O–H groups in total. The van der Waals surface area contributed by atoms with Gasteiger partial charge < -0.3 is 9.47 Å². The monoisotopic (exact) mass is 196 g/mol. The third-order valence-corrected chi connectivity index (χ3v) is 2.73. The van der Waals surface area contributed by atoms with E-state index in [2.05, 4.69) is 0 Å². The first-order chi connectivity index (χ1) is 6.86. The molecule has 0 aliphatic carbocycles. The van der Waals surface area contributed by atoms with Gasteiger partial charge >= 0.3 is 0 Å². The number of ether oxygens (including phenoxy) is 2. The van der Waals surface area contributed by atoms with E-state index in [1.807, 2.05) is 0 Å². The van der Waals surface area contributed by atoms with Gasteiger partial charge in [0.25, 0.3) is 0 Å². The Kier molecular flexibility index (Phi) is 3.19. The average Bonchev–Trinajstić information content (AvgIpc) is 2.72. The first kappa shape index (κ1) is 9.71. The molecule has 2 aliphatic heterocycles. The Morgan fingerprint density at radius 1 is 1.43 bits per heavy atom. The van der Waals surface area contributed by atoms with Crippen LogP contribution in [0.4, 0.5) is 0 Å². The van der Waals surface area contributed by atoms with Gasteiger partial charge in [0.05, 0.1) is 19.0 Å². The van der Waals surface area contributed by atoms with Crippen molar-refractivity contribution in [3.8, 4) is 0 Å². The number of allylic oxidation sites excluding steroid dienone is 1. The molecule has 2 rings (SSSR count). The van der Waals surface area contributed by atoms with Gasteiger partial charge in [-0.25, -0.2) is 0 Å². The standard InChI is InChI=1S/C11H16O3/c12-11(7-10-4-2-6-14-10)9-3-1-5-13-8-9/h8,10H,1-7H2. The fourth-order valence-electron chi connectivity index (χ4n) is 1.91. The number of hydrogen-bond donors (Lipinski definition) is 0. The molecule has 2 aliphatic rings. The van der Waals surface area contributed by atoms with Gasteiger partial charge in [0.2, 0.25) is 0 Å². The molecule has 3 heteroatoms. The van der Waals surface area contributed by atoms with E-state index >= 15 is 0 Å². The molecule has 0 aromatic carbocycles. The van der Waals surface area contributed by atoms with Crippen molar-refractivity contribution in [2.24, 2.45) is 0 Å². The summed E-state index contributed by atoms with van der Waals surface area (Å²) in [6.45, 7) is 1.56. The summed E-state index contributed by atoms with van der Waals surface area (Å²) in [6, 6.07) is 0. The predicted octanol–water partition coefficient (Wildman–Crippen LogP) is 1.82. The van der Waals surface area contributed by atoms with E-state index in [1.54, 1.807) is 6.26 Å². The Balaban J connectivity index is 1.84. The summed E-state index contributed by atoms with van der Waals surface area (Å²) in [4.78, 5) is 11.7. The Morgan fingerprint density at radius 3 is 3.00 bits per heavy atom. The third kappa shape index (κ3) is 2.35. The van der Waals surface area contributed by atoms with Crippen LogP contribution in [0.1, 0.15) is 32.1 Å². The lowest BCUT2D eigenvalue weighted by Crippen LogP contribution is -2.16. The van der Waals surface area contributed by atoms with Gasteiger partial charge in [-0.15, -0.1) is 0 Å². The smallest absolute Gasteiger partial charge is 0.164 e. The summed E-state index contributed by atoms with van der Waals surface area (Å²) in [6.07, 6.45) is 6.27. The number of ketones is 1. The summed E-state index contributed by atoms with van der Waals surface area (Å²) >= 11 is 0. The van der Waals surface area contributed by atoms with Gasteiger partial charge in [-0.2, -0.15) is 0 Å². The van der Waals surface area contributed by atoms with Crippen molar-refractivity contribution >= 4 is 5.78 Å². The fourth-order valence-corrected chi connectivity index (χ4v) is 1.91. The number of rotatable bonds is 3. The summed E-state index contributed by atoms with van der Waals surface area (Å²) in [5.74, 6) is 0.205. The highest BCUT2D eigenvalue weighted by Gasteiger charge is 2.22. The molecule has 14 heavy (non-hydrogen) atoms. The molecule has 1 atom stereocenters. The predicted molar refractivity (Wildman–Crippen MR) is 51.9 cm³/mol. The Bertz CT molecular complexity index is 239. The summed E-state index contributed by atoms with van der Waals surface area (Å²) in [5, 5.41) is 0. The highest BCUT2D eigenvalue weighted by molar-refractivity contribution is 5.95. The molecular weight excluding hydrogens is 180 g/mol. The van der Waals surface area contributed by atoms with Crippen LogP contribution in [-0.2, 0) is 14.3 Å². The maximum atomic E-state index is 11.7. The highest BCUT2D eigenvalue weighted by atomic mass is 16.5. The van der Waals surface area contributed by atoms with E-state index in [-0.39, 0.29) is 11.9 Å². The van der Waals surface area contributed by atoms with E-state index in [0.717, 1.165) is 44.5 Å².